The van der Waals surface area contributed by atoms with E-state index in [1.165, 1.54) is 19.1 Å². The Kier molecular flexibility index (Phi) is 5.66. The Morgan fingerprint density at radius 2 is 1.96 bits per heavy atom. The first-order chi connectivity index (χ1) is 13.1. The summed E-state index contributed by atoms with van der Waals surface area (Å²) in [6.45, 7) is 3.37. The first-order valence-electron chi connectivity index (χ1n) is 9.48. The number of nitrogens with one attached hydrogen (secondary N) is 1. The molecule has 0 radical (unpaired) electrons. The maximum Gasteiger partial charge on any atom is 0.325 e. The summed E-state index contributed by atoms with van der Waals surface area (Å²) >= 11 is 6.09. The van der Waals surface area contributed by atoms with Crippen LogP contribution in [0.4, 0.5) is 9.18 Å². The molecular formula is C20H25ClFN3O3. The largest absolute Gasteiger partial charge is 0.341 e. The molecule has 1 heterocycles. The lowest BCUT2D eigenvalue weighted by Gasteiger charge is -2.34. The topological polar surface area (TPSA) is 69.7 Å². The molecule has 1 aromatic rings. The van der Waals surface area contributed by atoms with Crippen molar-refractivity contribution < 1.29 is 18.8 Å². The Morgan fingerprint density at radius 1 is 1.32 bits per heavy atom. The number of urea groups is 1. The van der Waals surface area contributed by atoms with Crippen LogP contribution in [0.2, 0.25) is 5.02 Å². The zero-order valence-electron chi connectivity index (χ0n) is 16.3. The number of halogens is 2. The van der Waals surface area contributed by atoms with Gasteiger partial charge in [-0.25, -0.2) is 9.18 Å². The molecule has 0 aromatic heterocycles. The lowest BCUT2D eigenvalue weighted by molar-refractivity contribution is -0.139. The highest BCUT2D eigenvalue weighted by atomic mass is 35.5. The zero-order valence-corrected chi connectivity index (χ0v) is 17.1. The van der Waals surface area contributed by atoms with Crippen molar-refractivity contribution in [1.82, 2.24) is 15.1 Å². The van der Waals surface area contributed by atoms with Gasteiger partial charge in [0, 0.05) is 23.7 Å². The summed E-state index contributed by atoms with van der Waals surface area (Å²) in [6, 6.07) is 3.11. The molecule has 2 aliphatic rings. The van der Waals surface area contributed by atoms with Crippen LogP contribution in [-0.4, -0.2) is 47.3 Å². The van der Waals surface area contributed by atoms with E-state index in [-0.39, 0.29) is 23.5 Å². The summed E-state index contributed by atoms with van der Waals surface area (Å²) in [4.78, 5) is 40.7. The highest BCUT2D eigenvalue weighted by Crippen LogP contribution is 2.34. The van der Waals surface area contributed by atoms with Crippen LogP contribution in [0.5, 0.6) is 0 Å². The van der Waals surface area contributed by atoms with E-state index in [2.05, 4.69) is 12.2 Å². The van der Waals surface area contributed by atoms with Gasteiger partial charge in [0.1, 0.15) is 17.9 Å². The van der Waals surface area contributed by atoms with Crippen molar-refractivity contribution in [2.75, 3.05) is 13.6 Å². The van der Waals surface area contributed by atoms with Gasteiger partial charge in [0.2, 0.25) is 5.91 Å². The zero-order chi connectivity index (χ0) is 20.6. The van der Waals surface area contributed by atoms with E-state index in [1.807, 2.05) is 0 Å². The summed E-state index contributed by atoms with van der Waals surface area (Å²) in [7, 11) is 1.72. The van der Waals surface area contributed by atoms with E-state index in [0.29, 0.717) is 11.5 Å². The third kappa shape index (κ3) is 3.72. The monoisotopic (exact) mass is 409 g/mol. The summed E-state index contributed by atoms with van der Waals surface area (Å²) in [5, 5.41) is 2.64. The van der Waals surface area contributed by atoms with Gasteiger partial charge in [-0.1, -0.05) is 24.6 Å². The molecule has 4 amide bonds. The second-order valence-electron chi connectivity index (χ2n) is 7.99. The molecule has 152 valence electrons. The molecule has 1 aromatic carbocycles. The lowest BCUT2D eigenvalue weighted by atomic mass is 9.87. The molecule has 28 heavy (non-hydrogen) atoms. The standard InChI is InChI=1S/C20H25ClFN3O3/c1-12-4-7-14(8-5-12)24(3)17(26)11-25-18(27)20(2,23-19(25)28)15-9-6-13(22)10-16(15)21/h6,9-10,12,14H,4-5,7-8,11H2,1-3H3,(H,23,28). The van der Waals surface area contributed by atoms with Crippen LogP contribution in [0, 0.1) is 11.7 Å². The van der Waals surface area contributed by atoms with Gasteiger partial charge >= 0.3 is 6.03 Å². The minimum atomic E-state index is -1.44. The van der Waals surface area contributed by atoms with Crippen LogP contribution < -0.4 is 5.32 Å². The normalized spacial score (nSPS) is 27.7. The molecule has 1 unspecified atom stereocenters. The van der Waals surface area contributed by atoms with Crippen LogP contribution in [-0.2, 0) is 15.1 Å². The predicted octanol–water partition coefficient (Wildman–Crippen LogP) is 3.28. The number of benzene rings is 1. The molecule has 1 atom stereocenters. The van der Waals surface area contributed by atoms with Gasteiger partial charge in [-0.15, -0.1) is 0 Å². The van der Waals surface area contributed by atoms with E-state index in [0.717, 1.165) is 36.6 Å². The van der Waals surface area contributed by atoms with Crippen LogP contribution in [0.25, 0.3) is 0 Å². The van der Waals surface area contributed by atoms with E-state index >= 15 is 0 Å². The minimum Gasteiger partial charge on any atom is -0.341 e. The number of likely N-dealkylation sites (N-methyl/N-ethyl adjacent to an activating group) is 1. The average molecular weight is 410 g/mol. The first-order valence-corrected chi connectivity index (χ1v) is 9.86. The quantitative estimate of drug-likeness (QED) is 0.776. The second-order valence-corrected chi connectivity index (χ2v) is 8.40. The van der Waals surface area contributed by atoms with Gasteiger partial charge in [-0.05, 0) is 50.7 Å². The second kappa shape index (κ2) is 7.70. The molecule has 1 N–H and O–H groups in total. The maximum absolute atomic E-state index is 13.4. The number of nitrogens with zero attached hydrogens (tertiary/aromatic N) is 2. The molecule has 1 aliphatic carbocycles. The van der Waals surface area contributed by atoms with Crippen molar-refractivity contribution in [2.24, 2.45) is 5.92 Å². The maximum atomic E-state index is 13.4. The van der Waals surface area contributed by atoms with Crippen LogP contribution >= 0.6 is 11.6 Å². The van der Waals surface area contributed by atoms with Crippen molar-refractivity contribution in [2.45, 2.75) is 51.1 Å². The van der Waals surface area contributed by atoms with Crippen molar-refractivity contribution in [1.29, 1.82) is 0 Å². The number of amides is 4. The fourth-order valence-corrected chi connectivity index (χ4v) is 4.35. The Hall–Kier alpha value is -2.15. The molecule has 1 saturated carbocycles. The molecule has 2 fully saturated rings. The highest BCUT2D eigenvalue weighted by Gasteiger charge is 2.50. The van der Waals surface area contributed by atoms with E-state index in [1.54, 1.807) is 11.9 Å². The number of rotatable bonds is 4. The van der Waals surface area contributed by atoms with Gasteiger partial charge in [-0.3, -0.25) is 14.5 Å². The summed E-state index contributed by atoms with van der Waals surface area (Å²) in [5.74, 6) is -0.737. The smallest absolute Gasteiger partial charge is 0.325 e. The summed E-state index contributed by atoms with van der Waals surface area (Å²) in [5.41, 5.74) is -1.15. The van der Waals surface area contributed by atoms with Gasteiger partial charge in [0.15, 0.2) is 0 Å². The van der Waals surface area contributed by atoms with E-state index < -0.39 is 23.3 Å². The number of hydrogen-bond donors (Lipinski definition) is 1. The summed E-state index contributed by atoms with van der Waals surface area (Å²) in [6.07, 6.45) is 3.97. The highest BCUT2D eigenvalue weighted by molar-refractivity contribution is 6.32. The Morgan fingerprint density at radius 3 is 2.57 bits per heavy atom. The Balaban J connectivity index is 1.74. The van der Waals surface area contributed by atoms with Gasteiger partial charge in [0.05, 0.1) is 0 Å². The third-order valence-electron chi connectivity index (χ3n) is 5.96. The molecule has 1 saturated heterocycles. The SMILES string of the molecule is CC1CCC(N(C)C(=O)CN2C(=O)NC(C)(c3ccc(F)cc3Cl)C2=O)CC1. The lowest BCUT2D eigenvalue weighted by Crippen LogP contribution is -2.47. The van der Waals surface area contributed by atoms with Gasteiger partial charge in [-0.2, -0.15) is 0 Å². The van der Waals surface area contributed by atoms with Gasteiger partial charge in [0.25, 0.3) is 5.91 Å². The number of carbonyl (C=O) groups excluding carboxylic acids is 3. The van der Waals surface area contributed by atoms with E-state index in [4.69, 9.17) is 11.6 Å². The average Bonchev–Trinajstić information content (AvgIpc) is 2.85. The van der Waals surface area contributed by atoms with Crippen molar-refractivity contribution in [3.05, 3.63) is 34.6 Å². The number of imide groups is 1. The molecule has 8 heteroatoms. The Labute approximate surface area is 169 Å². The first kappa shape index (κ1) is 20.6. The number of carbonyl (C=O) groups is 3. The fraction of sp³-hybridized carbons (Fsp3) is 0.550. The third-order valence-corrected chi connectivity index (χ3v) is 6.28. The molecular weight excluding hydrogens is 385 g/mol. The molecule has 6 nitrogen and oxygen atoms in total. The molecule has 3 rings (SSSR count). The van der Waals surface area contributed by atoms with Crippen molar-refractivity contribution in [3.8, 4) is 0 Å². The fourth-order valence-electron chi connectivity index (χ4n) is 4.00. The summed E-state index contributed by atoms with van der Waals surface area (Å²) < 4.78 is 13.4. The molecule has 0 bridgehead atoms. The number of hydrogen-bond acceptors (Lipinski definition) is 3. The minimum absolute atomic E-state index is 0.0396. The van der Waals surface area contributed by atoms with Crippen molar-refractivity contribution in [3.63, 3.8) is 0 Å². The van der Waals surface area contributed by atoms with Gasteiger partial charge < -0.3 is 10.2 Å². The van der Waals surface area contributed by atoms with E-state index in [9.17, 15) is 18.8 Å². The van der Waals surface area contributed by atoms with Crippen LogP contribution in [0.15, 0.2) is 18.2 Å². The Bertz CT molecular complexity index is 810. The van der Waals surface area contributed by atoms with Crippen LogP contribution in [0.3, 0.4) is 0 Å². The molecule has 1 aliphatic heterocycles. The van der Waals surface area contributed by atoms with Crippen LogP contribution in [0.1, 0.15) is 45.1 Å². The molecule has 0 spiro atoms. The predicted molar refractivity (Wildman–Crippen MR) is 103 cm³/mol. The van der Waals surface area contributed by atoms with Crippen molar-refractivity contribution >= 4 is 29.4 Å².